The maximum Gasteiger partial charge on any atom is 0.341 e. The lowest BCUT2D eigenvalue weighted by Gasteiger charge is -2.13. The predicted octanol–water partition coefficient (Wildman–Crippen LogP) is 3.29. The molecule has 0 bridgehead atoms. The predicted molar refractivity (Wildman–Crippen MR) is 110 cm³/mol. The molecule has 0 spiro atoms. The van der Waals surface area contributed by atoms with Gasteiger partial charge in [-0.2, -0.15) is 0 Å². The van der Waals surface area contributed by atoms with Crippen LogP contribution in [0, 0.1) is 5.92 Å². The molecule has 0 aliphatic carbocycles. The van der Waals surface area contributed by atoms with Crippen LogP contribution in [0.4, 0.5) is 0 Å². The summed E-state index contributed by atoms with van der Waals surface area (Å²) in [5.74, 6) is -1.72. The SMILES string of the molecule is C=C(CO)C(=O)Oc1cc(OC(=O)C(C)CO)cc(-c2ccc(CCC)cc2)c1. The van der Waals surface area contributed by atoms with Crippen molar-refractivity contribution < 1.29 is 29.3 Å². The normalized spacial score (nSPS) is 11.6. The number of rotatable bonds is 9. The number of hydrogen-bond acceptors (Lipinski definition) is 6. The molecule has 6 heteroatoms. The number of carbonyl (C=O) groups is 2. The molecule has 0 saturated heterocycles. The lowest BCUT2D eigenvalue weighted by molar-refractivity contribution is -0.139. The highest BCUT2D eigenvalue weighted by Gasteiger charge is 2.17. The van der Waals surface area contributed by atoms with Crippen LogP contribution in [0.2, 0.25) is 0 Å². The van der Waals surface area contributed by atoms with E-state index in [2.05, 4.69) is 13.5 Å². The molecule has 1 unspecified atom stereocenters. The fraction of sp³-hybridized carbons (Fsp3) is 0.304. The topological polar surface area (TPSA) is 93.1 Å². The Balaban J connectivity index is 2.38. The van der Waals surface area contributed by atoms with E-state index in [-0.39, 0.29) is 23.7 Å². The summed E-state index contributed by atoms with van der Waals surface area (Å²) >= 11 is 0. The molecule has 0 amide bonds. The van der Waals surface area contributed by atoms with Crippen LogP contribution in [0.3, 0.4) is 0 Å². The molecule has 154 valence electrons. The number of ether oxygens (including phenoxy) is 2. The molecule has 2 N–H and O–H groups in total. The largest absolute Gasteiger partial charge is 0.426 e. The number of esters is 2. The summed E-state index contributed by atoms with van der Waals surface area (Å²) in [6.45, 7) is 6.24. The van der Waals surface area contributed by atoms with Gasteiger partial charge in [0.05, 0.1) is 24.7 Å². The monoisotopic (exact) mass is 398 g/mol. The van der Waals surface area contributed by atoms with Crippen LogP contribution >= 0.6 is 0 Å². The van der Waals surface area contributed by atoms with Crippen molar-refractivity contribution in [3.63, 3.8) is 0 Å². The molecular formula is C23H26O6. The Morgan fingerprint density at radius 1 is 1.00 bits per heavy atom. The molecule has 2 rings (SSSR count). The summed E-state index contributed by atoms with van der Waals surface area (Å²) in [5.41, 5.74) is 2.66. The minimum absolute atomic E-state index is 0.0910. The minimum atomic E-state index is -0.774. The Kier molecular flexibility index (Phi) is 8.12. The third kappa shape index (κ3) is 6.27. The van der Waals surface area contributed by atoms with Crippen molar-refractivity contribution in [2.24, 2.45) is 5.92 Å². The summed E-state index contributed by atoms with van der Waals surface area (Å²) in [6, 6.07) is 12.6. The lowest BCUT2D eigenvalue weighted by Crippen LogP contribution is -2.20. The molecule has 2 aromatic rings. The van der Waals surface area contributed by atoms with Gasteiger partial charge in [-0.25, -0.2) is 4.79 Å². The smallest absolute Gasteiger partial charge is 0.341 e. The van der Waals surface area contributed by atoms with E-state index in [0.29, 0.717) is 5.56 Å². The van der Waals surface area contributed by atoms with Crippen molar-refractivity contribution in [3.8, 4) is 22.6 Å². The van der Waals surface area contributed by atoms with Crippen molar-refractivity contribution >= 4 is 11.9 Å². The average molecular weight is 398 g/mol. The maximum absolute atomic E-state index is 12.1. The first-order valence-corrected chi connectivity index (χ1v) is 9.45. The van der Waals surface area contributed by atoms with Gasteiger partial charge in [0.2, 0.25) is 0 Å². The highest BCUT2D eigenvalue weighted by Crippen LogP contribution is 2.31. The molecule has 6 nitrogen and oxygen atoms in total. The molecule has 0 radical (unpaired) electrons. The van der Waals surface area contributed by atoms with Gasteiger partial charge in [-0.05, 0) is 42.2 Å². The molecule has 2 aromatic carbocycles. The van der Waals surface area contributed by atoms with Crippen molar-refractivity contribution in [3.05, 3.63) is 60.2 Å². The zero-order valence-electron chi connectivity index (χ0n) is 16.7. The van der Waals surface area contributed by atoms with Crippen molar-refractivity contribution in [2.45, 2.75) is 26.7 Å². The fourth-order valence-corrected chi connectivity index (χ4v) is 2.54. The first-order valence-electron chi connectivity index (χ1n) is 9.45. The molecule has 29 heavy (non-hydrogen) atoms. The van der Waals surface area contributed by atoms with E-state index < -0.39 is 24.5 Å². The van der Waals surface area contributed by atoms with E-state index in [0.717, 1.165) is 18.4 Å². The van der Waals surface area contributed by atoms with Gasteiger partial charge < -0.3 is 19.7 Å². The Bertz CT molecular complexity index is 869. The highest BCUT2D eigenvalue weighted by atomic mass is 16.5. The number of carbonyl (C=O) groups excluding carboxylic acids is 2. The molecule has 0 aliphatic heterocycles. The molecule has 0 saturated carbocycles. The fourth-order valence-electron chi connectivity index (χ4n) is 2.54. The number of benzene rings is 2. The van der Waals surface area contributed by atoms with E-state index in [1.165, 1.54) is 11.6 Å². The van der Waals surface area contributed by atoms with Crippen LogP contribution in [-0.4, -0.2) is 35.4 Å². The molecule has 1 atom stereocenters. The van der Waals surface area contributed by atoms with Gasteiger partial charge in [0, 0.05) is 6.07 Å². The second-order valence-electron chi connectivity index (χ2n) is 6.80. The van der Waals surface area contributed by atoms with E-state index in [1.807, 2.05) is 24.3 Å². The number of aliphatic hydroxyl groups is 2. The molecule has 0 aromatic heterocycles. The zero-order chi connectivity index (χ0) is 21.4. The van der Waals surface area contributed by atoms with Crippen LogP contribution in [-0.2, 0) is 16.0 Å². The average Bonchev–Trinajstić information content (AvgIpc) is 2.72. The molecule has 0 fully saturated rings. The van der Waals surface area contributed by atoms with Crippen LogP contribution in [0.1, 0.15) is 25.8 Å². The summed E-state index contributed by atoms with van der Waals surface area (Å²) in [5, 5.41) is 18.2. The van der Waals surface area contributed by atoms with Crippen LogP contribution < -0.4 is 9.47 Å². The number of hydrogen-bond donors (Lipinski definition) is 2. The van der Waals surface area contributed by atoms with Crippen LogP contribution in [0.15, 0.2) is 54.6 Å². The standard InChI is InChI=1S/C23H26O6/c1-4-5-17-6-8-18(9-7-17)19-10-20(28-22(26)15(2)13-24)12-21(11-19)29-23(27)16(3)14-25/h6-12,16,24-25H,2,4-5,13-14H2,1,3H3. The first kappa shape index (κ1) is 22.3. The van der Waals surface area contributed by atoms with Crippen LogP contribution in [0.5, 0.6) is 11.5 Å². The van der Waals surface area contributed by atoms with E-state index >= 15 is 0 Å². The lowest BCUT2D eigenvalue weighted by atomic mass is 10.0. The quantitative estimate of drug-likeness (QED) is 0.382. The highest BCUT2D eigenvalue weighted by molar-refractivity contribution is 5.90. The first-order chi connectivity index (χ1) is 13.9. The second-order valence-corrected chi connectivity index (χ2v) is 6.80. The maximum atomic E-state index is 12.1. The Morgan fingerprint density at radius 3 is 2.17 bits per heavy atom. The van der Waals surface area contributed by atoms with Gasteiger partial charge in [-0.15, -0.1) is 0 Å². The number of aliphatic hydroxyl groups excluding tert-OH is 2. The second kappa shape index (κ2) is 10.5. The molecule has 0 aliphatic rings. The summed E-state index contributed by atoms with van der Waals surface area (Å²) in [7, 11) is 0. The van der Waals surface area contributed by atoms with Crippen LogP contribution in [0.25, 0.3) is 11.1 Å². The van der Waals surface area contributed by atoms with Gasteiger partial charge in [0.15, 0.2) is 0 Å². The molecule has 0 heterocycles. The Labute approximate surface area is 170 Å². The van der Waals surface area contributed by atoms with Gasteiger partial charge in [-0.1, -0.05) is 44.2 Å². The Morgan fingerprint density at radius 2 is 1.62 bits per heavy atom. The van der Waals surface area contributed by atoms with Gasteiger partial charge >= 0.3 is 11.9 Å². The summed E-state index contributed by atoms with van der Waals surface area (Å²) in [4.78, 5) is 24.0. The van der Waals surface area contributed by atoms with Crippen molar-refractivity contribution in [1.82, 2.24) is 0 Å². The van der Waals surface area contributed by atoms with Crippen molar-refractivity contribution in [2.75, 3.05) is 13.2 Å². The molecular weight excluding hydrogens is 372 g/mol. The van der Waals surface area contributed by atoms with Crippen molar-refractivity contribution in [1.29, 1.82) is 0 Å². The zero-order valence-corrected chi connectivity index (χ0v) is 16.7. The van der Waals surface area contributed by atoms with E-state index in [4.69, 9.17) is 19.7 Å². The minimum Gasteiger partial charge on any atom is -0.426 e. The van der Waals surface area contributed by atoms with E-state index in [9.17, 15) is 9.59 Å². The third-order valence-corrected chi connectivity index (χ3v) is 4.29. The summed E-state index contributed by atoms with van der Waals surface area (Å²) in [6.07, 6.45) is 2.02. The third-order valence-electron chi connectivity index (χ3n) is 4.29. The van der Waals surface area contributed by atoms with Gasteiger partial charge in [0.25, 0.3) is 0 Å². The summed E-state index contributed by atoms with van der Waals surface area (Å²) < 4.78 is 10.6. The van der Waals surface area contributed by atoms with Gasteiger partial charge in [-0.3, -0.25) is 4.79 Å². The Hall–Kier alpha value is -2.96. The number of aryl methyl sites for hydroxylation is 1. The van der Waals surface area contributed by atoms with E-state index in [1.54, 1.807) is 19.1 Å². The van der Waals surface area contributed by atoms with Gasteiger partial charge in [0.1, 0.15) is 11.5 Å².